The highest BCUT2D eigenvalue weighted by atomic mass is 16.5. The maximum atomic E-state index is 13.3. The van der Waals surface area contributed by atoms with Gasteiger partial charge >= 0.3 is 0 Å². The number of carbonyl (C=O) groups is 2. The molecule has 1 aliphatic carbocycles. The zero-order chi connectivity index (χ0) is 21.6. The first-order valence-electron chi connectivity index (χ1n) is 10.5. The van der Waals surface area contributed by atoms with Gasteiger partial charge in [0, 0.05) is 32.3 Å². The first kappa shape index (κ1) is 22.2. The number of likely N-dealkylation sites (tertiary alicyclic amines) is 1. The Kier molecular flexibility index (Phi) is 7.37. The van der Waals surface area contributed by atoms with Gasteiger partial charge in [-0.3, -0.25) is 9.59 Å². The van der Waals surface area contributed by atoms with Crippen LogP contribution in [0.3, 0.4) is 0 Å². The summed E-state index contributed by atoms with van der Waals surface area (Å²) in [6, 6.07) is 5.78. The van der Waals surface area contributed by atoms with Crippen LogP contribution >= 0.6 is 0 Å². The lowest BCUT2D eigenvalue weighted by atomic mass is 9.69. The van der Waals surface area contributed by atoms with Crippen molar-refractivity contribution in [3.63, 3.8) is 0 Å². The minimum atomic E-state index is -0.614. The van der Waals surface area contributed by atoms with Crippen molar-refractivity contribution < 1.29 is 23.8 Å². The molecule has 1 atom stereocenters. The first-order chi connectivity index (χ1) is 14.6. The van der Waals surface area contributed by atoms with E-state index in [1.807, 2.05) is 18.2 Å². The molecule has 1 fully saturated rings. The SMILES string of the molecule is COCCN1C(=O)CCC2(C(=O)NCCc3ccc(OC)c(OC)c3)CCCC=C12. The molecule has 1 N–H and O–H groups in total. The monoisotopic (exact) mass is 416 g/mol. The Labute approximate surface area is 178 Å². The number of benzene rings is 1. The Morgan fingerprint density at radius 1 is 1.17 bits per heavy atom. The smallest absolute Gasteiger partial charge is 0.232 e. The average Bonchev–Trinajstić information content (AvgIpc) is 2.78. The van der Waals surface area contributed by atoms with Crippen molar-refractivity contribution in [3.05, 3.63) is 35.5 Å². The molecule has 0 aromatic heterocycles. The summed E-state index contributed by atoms with van der Waals surface area (Å²) < 4.78 is 15.8. The van der Waals surface area contributed by atoms with Gasteiger partial charge in [0.1, 0.15) is 0 Å². The van der Waals surface area contributed by atoms with Crippen LogP contribution in [0.25, 0.3) is 0 Å². The summed E-state index contributed by atoms with van der Waals surface area (Å²) in [5, 5.41) is 3.13. The molecule has 3 rings (SSSR count). The number of nitrogens with zero attached hydrogens (tertiary/aromatic N) is 1. The first-order valence-corrected chi connectivity index (χ1v) is 10.5. The Bertz CT molecular complexity index is 807. The van der Waals surface area contributed by atoms with Crippen LogP contribution in [0.2, 0.25) is 0 Å². The fraction of sp³-hybridized carbons (Fsp3) is 0.565. The van der Waals surface area contributed by atoms with E-state index in [0.717, 1.165) is 30.5 Å². The molecule has 30 heavy (non-hydrogen) atoms. The van der Waals surface area contributed by atoms with Crippen LogP contribution in [0.15, 0.2) is 30.0 Å². The summed E-state index contributed by atoms with van der Waals surface area (Å²) in [6.07, 6.45) is 6.36. The summed E-state index contributed by atoms with van der Waals surface area (Å²) in [5.41, 5.74) is 1.31. The Hall–Kier alpha value is -2.54. The summed E-state index contributed by atoms with van der Waals surface area (Å²) in [5.74, 6) is 1.46. The molecule has 7 heteroatoms. The van der Waals surface area contributed by atoms with Crippen molar-refractivity contribution in [2.24, 2.45) is 5.41 Å². The number of amides is 2. The number of carbonyl (C=O) groups excluding carboxylic acids is 2. The summed E-state index contributed by atoms with van der Waals surface area (Å²) >= 11 is 0. The summed E-state index contributed by atoms with van der Waals surface area (Å²) in [4.78, 5) is 27.6. The molecular formula is C23H32N2O5. The number of piperidine rings is 1. The molecule has 0 bridgehead atoms. The second-order valence-corrected chi connectivity index (χ2v) is 7.80. The van der Waals surface area contributed by atoms with Gasteiger partial charge in [0.2, 0.25) is 11.8 Å². The number of rotatable bonds is 9. The van der Waals surface area contributed by atoms with E-state index in [0.29, 0.717) is 50.5 Å². The Balaban J connectivity index is 1.68. The minimum absolute atomic E-state index is 0.0174. The van der Waals surface area contributed by atoms with Gasteiger partial charge in [-0.15, -0.1) is 0 Å². The average molecular weight is 417 g/mol. The number of ether oxygens (including phenoxy) is 3. The van der Waals surface area contributed by atoms with Gasteiger partial charge < -0.3 is 24.4 Å². The largest absolute Gasteiger partial charge is 0.493 e. The van der Waals surface area contributed by atoms with Crippen molar-refractivity contribution in [3.8, 4) is 11.5 Å². The van der Waals surface area contributed by atoms with Crippen LogP contribution in [0.5, 0.6) is 11.5 Å². The molecule has 2 aliphatic rings. The number of allylic oxidation sites excluding steroid dienone is 1. The number of fused-ring (bicyclic) bond motifs is 1. The summed E-state index contributed by atoms with van der Waals surface area (Å²) in [6.45, 7) is 1.47. The quantitative estimate of drug-likeness (QED) is 0.670. The van der Waals surface area contributed by atoms with Crippen LogP contribution in [0.1, 0.15) is 37.7 Å². The minimum Gasteiger partial charge on any atom is -0.493 e. The second kappa shape index (κ2) is 9.98. The third kappa shape index (κ3) is 4.46. The van der Waals surface area contributed by atoms with Crippen molar-refractivity contribution in [2.45, 2.75) is 38.5 Å². The van der Waals surface area contributed by atoms with Gasteiger partial charge in [-0.25, -0.2) is 0 Å². The molecular weight excluding hydrogens is 384 g/mol. The highest BCUT2D eigenvalue weighted by Crippen LogP contribution is 2.46. The lowest BCUT2D eigenvalue weighted by molar-refractivity contribution is -0.141. The van der Waals surface area contributed by atoms with Crippen molar-refractivity contribution in [2.75, 3.05) is 41.0 Å². The van der Waals surface area contributed by atoms with E-state index in [2.05, 4.69) is 11.4 Å². The van der Waals surface area contributed by atoms with E-state index in [-0.39, 0.29) is 11.8 Å². The Morgan fingerprint density at radius 2 is 1.97 bits per heavy atom. The predicted molar refractivity (Wildman–Crippen MR) is 113 cm³/mol. The van der Waals surface area contributed by atoms with E-state index in [1.165, 1.54) is 0 Å². The third-order valence-corrected chi connectivity index (χ3v) is 6.09. The lowest BCUT2D eigenvalue weighted by Gasteiger charge is -2.46. The highest BCUT2D eigenvalue weighted by molar-refractivity contribution is 5.91. The van der Waals surface area contributed by atoms with E-state index in [9.17, 15) is 9.59 Å². The maximum absolute atomic E-state index is 13.3. The van der Waals surface area contributed by atoms with Crippen molar-refractivity contribution in [1.29, 1.82) is 0 Å². The van der Waals surface area contributed by atoms with E-state index in [4.69, 9.17) is 14.2 Å². The predicted octanol–water partition coefficient (Wildman–Crippen LogP) is 2.69. The number of hydrogen-bond acceptors (Lipinski definition) is 5. The fourth-order valence-electron chi connectivity index (χ4n) is 4.47. The third-order valence-electron chi connectivity index (χ3n) is 6.09. The molecule has 0 radical (unpaired) electrons. The second-order valence-electron chi connectivity index (χ2n) is 7.80. The Morgan fingerprint density at radius 3 is 2.70 bits per heavy atom. The topological polar surface area (TPSA) is 77.1 Å². The number of nitrogens with one attached hydrogen (secondary N) is 1. The maximum Gasteiger partial charge on any atom is 0.232 e. The van der Waals surface area contributed by atoms with Gasteiger partial charge in [-0.05, 0) is 49.8 Å². The van der Waals surface area contributed by atoms with Gasteiger partial charge in [-0.1, -0.05) is 12.1 Å². The molecule has 1 aromatic carbocycles. The van der Waals surface area contributed by atoms with E-state index < -0.39 is 5.41 Å². The molecule has 0 saturated carbocycles. The van der Waals surface area contributed by atoms with Crippen LogP contribution in [-0.2, 0) is 20.7 Å². The molecule has 2 amide bonds. The lowest BCUT2D eigenvalue weighted by Crippen LogP contribution is -2.53. The molecule has 0 spiro atoms. The fourth-order valence-corrected chi connectivity index (χ4v) is 4.47. The summed E-state index contributed by atoms with van der Waals surface area (Å²) in [7, 11) is 4.84. The van der Waals surface area contributed by atoms with Crippen molar-refractivity contribution >= 4 is 11.8 Å². The van der Waals surface area contributed by atoms with Gasteiger partial charge in [0.25, 0.3) is 0 Å². The normalized spacial score (nSPS) is 21.0. The molecule has 1 aromatic rings. The van der Waals surface area contributed by atoms with Crippen molar-refractivity contribution in [1.82, 2.24) is 10.2 Å². The molecule has 164 valence electrons. The van der Waals surface area contributed by atoms with Crippen LogP contribution in [0, 0.1) is 5.41 Å². The molecule has 1 heterocycles. The van der Waals surface area contributed by atoms with Crippen LogP contribution in [-0.4, -0.2) is 57.7 Å². The number of methoxy groups -OCH3 is 3. The van der Waals surface area contributed by atoms with Gasteiger partial charge in [0.05, 0.1) is 26.2 Å². The molecule has 7 nitrogen and oxygen atoms in total. The molecule has 1 unspecified atom stereocenters. The van der Waals surface area contributed by atoms with Crippen LogP contribution < -0.4 is 14.8 Å². The van der Waals surface area contributed by atoms with Gasteiger partial charge in [0.15, 0.2) is 11.5 Å². The molecule has 1 saturated heterocycles. The zero-order valence-electron chi connectivity index (χ0n) is 18.2. The molecule has 1 aliphatic heterocycles. The van der Waals surface area contributed by atoms with Gasteiger partial charge in [-0.2, -0.15) is 0 Å². The zero-order valence-corrected chi connectivity index (χ0v) is 18.2. The highest BCUT2D eigenvalue weighted by Gasteiger charge is 2.49. The number of hydrogen-bond donors (Lipinski definition) is 1. The van der Waals surface area contributed by atoms with Crippen LogP contribution in [0.4, 0.5) is 0 Å². The van der Waals surface area contributed by atoms with E-state index in [1.54, 1.807) is 26.2 Å². The standard InChI is InChI=1S/C23H32N2O5/c1-28-15-14-25-20-6-4-5-11-23(20,12-9-21(25)26)22(27)24-13-10-17-7-8-18(29-2)19(16-17)30-3/h6-8,16H,4-5,9-15H2,1-3H3,(H,24,27). The van der Waals surface area contributed by atoms with E-state index >= 15 is 0 Å².